The van der Waals surface area contributed by atoms with Gasteiger partial charge >= 0.3 is 0 Å². The fourth-order valence-electron chi connectivity index (χ4n) is 1.74. The van der Waals surface area contributed by atoms with Gasteiger partial charge in [-0.15, -0.1) is 0 Å². The molecule has 0 heterocycles. The zero-order valence-electron chi connectivity index (χ0n) is 12.0. The van der Waals surface area contributed by atoms with Crippen LogP contribution in [0.4, 0.5) is 0 Å². The first-order valence-electron chi connectivity index (χ1n) is 6.74. The fraction of sp³-hybridized carbons (Fsp3) is 0.571. The zero-order chi connectivity index (χ0) is 14.8. The molecule has 0 aromatic heterocycles. The van der Waals surface area contributed by atoms with Crippen LogP contribution >= 0.6 is 11.6 Å². The summed E-state index contributed by atoms with van der Waals surface area (Å²) in [7, 11) is 1.61. The minimum atomic E-state index is 0.155. The van der Waals surface area contributed by atoms with Gasteiger partial charge < -0.3 is 25.2 Å². The number of aliphatic hydroxyl groups is 1. The number of methoxy groups -OCH3 is 1. The molecule has 20 heavy (non-hydrogen) atoms. The van der Waals surface area contributed by atoms with E-state index in [1.54, 1.807) is 13.2 Å². The number of nitrogens with one attached hydrogen (secondary N) is 2. The van der Waals surface area contributed by atoms with Crippen molar-refractivity contribution < 1.29 is 14.6 Å². The monoisotopic (exact) mass is 302 g/mol. The maximum atomic E-state index is 8.64. The van der Waals surface area contributed by atoms with Crippen molar-refractivity contribution in [3.8, 4) is 11.5 Å². The molecule has 0 amide bonds. The maximum absolute atomic E-state index is 8.64. The molecular weight excluding hydrogens is 280 g/mol. The molecule has 6 heteroatoms. The summed E-state index contributed by atoms with van der Waals surface area (Å²) in [4.78, 5) is 0. The Kier molecular flexibility index (Phi) is 8.37. The molecule has 1 aromatic carbocycles. The number of rotatable bonds is 10. The molecule has 1 aromatic rings. The molecule has 0 radical (unpaired) electrons. The van der Waals surface area contributed by atoms with Crippen molar-refractivity contribution in [2.24, 2.45) is 0 Å². The molecule has 0 fully saturated rings. The molecule has 0 aliphatic rings. The maximum Gasteiger partial charge on any atom is 0.162 e. The highest BCUT2D eigenvalue weighted by atomic mass is 35.5. The van der Waals surface area contributed by atoms with Gasteiger partial charge in [0.05, 0.1) is 20.3 Å². The Morgan fingerprint density at radius 1 is 1.15 bits per heavy atom. The topological polar surface area (TPSA) is 62.8 Å². The molecule has 0 saturated carbocycles. The van der Waals surface area contributed by atoms with E-state index in [2.05, 4.69) is 10.6 Å². The highest BCUT2D eigenvalue weighted by molar-refractivity contribution is 6.31. The van der Waals surface area contributed by atoms with Crippen molar-refractivity contribution in [2.45, 2.75) is 13.5 Å². The second-order valence-corrected chi connectivity index (χ2v) is 4.59. The van der Waals surface area contributed by atoms with Crippen molar-refractivity contribution in [1.29, 1.82) is 0 Å². The summed E-state index contributed by atoms with van der Waals surface area (Å²) < 4.78 is 10.8. The highest BCUT2D eigenvalue weighted by Gasteiger charge is 2.09. The molecular formula is C14H23ClN2O3. The minimum Gasteiger partial charge on any atom is -0.493 e. The lowest BCUT2D eigenvalue weighted by Gasteiger charge is -2.13. The molecule has 0 aliphatic heterocycles. The van der Waals surface area contributed by atoms with Crippen LogP contribution in [-0.4, -0.2) is 45.1 Å². The number of halogens is 1. The van der Waals surface area contributed by atoms with E-state index in [9.17, 15) is 0 Å². The summed E-state index contributed by atoms with van der Waals surface area (Å²) in [6.07, 6.45) is 0. The van der Waals surface area contributed by atoms with Crippen LogP contribution in [0.25, 0.3) is 0 Å². The Hall–Kier alpha value is -1.01. The van der Waals surface area contributed by atoms with E-state index in [-0.39, 0.29) is 6.61 Å². The number of aliphatic hydroxyl groups excluding tert-OH is 1. The summed E-state index contributed by atoms with van der Waals surface area (Å²) in [6, 6.07) is 3.67. The van der Waals surface area contributed by atoms with E-state index < -0.39 is 0 Å². The van der Waals surface area contributed by atoms with Crippen LogP contribution in [0.1, 0.15) is 12.5 Å². The second kappa shape index (κ2) is 9.83. The molecule has 114 valence electrons. The van der Waals surface area contributed by atoms with Crippen LogP contribution in [0.5, 0.6) is 11.5 Å². The molecule has 0 spiro atoms. The predicted molar refractivity (Wildman–Crippen MR) is 80.8 cm³/mol. The Labute approximate surface area is 125 Å². The number of hydrogen-bond donors (Lipinski definition) is 3. The van der Waals surface area contributed by atoms with Gasteiger partial charge in [-0.25, -0.2) is 0 Å². The van der Waals surface area contributed by atoms with Gasteiger partial charge in [0.15, 0.2) is 11.5 Å². The van der Waals surface area contributed by atoms with Crippen LogP contribution in [-0.2, 0) is 6.54 Å². The Bertz CT molecular complexity index is 402. The fourth-order valence-corrected chi connectivity index (χ4v) is 1.96. The SMILES string of the molecule is CCOc1cc(Cl)c(CNCCNCCO)cc1OC. The van der Waals surface area contributed by atoms with Gasteiger partial charge in [-0.1, -0.05) is 11.6 Å². The molecule has 0 saturated heterocycles. The smallest absolute Gasteiger partial charge is 0.162 e. The summed E-state index contributed by atoms with van der Waals surface area (Å²) in [5.41, 5.74) is 0.967. The van der Waals surface area contributed by atoms with Gasteiger partial charge in [-0.3, -0.25) is 0 Å². The molecule has 1 rings (SSSR count). The Balaban J connectivity index is 2.53. The third-order valence-corrected chi connectivity index (χ3v) is 3.07. The minimum absolute atomic E-state index is 0.155. The first kappa shape index (κ1) is 17.0. The van der Waals surface area contributed by atoms with Crippen molar-refractivity contribution in [1.82, 2.24) is 10.6 Å². The normalized spacial score (nSPS) is 10.6. The largest absolute Gasteiger partial charge is 0.493 e. The van der Waals surface area contributed by atoms with Gasteiger partial charge in [-0.2, -0.15) is 0 Å². The van der Waals surface area contributed by atoms with Gasteiger partial charge in [0.2, 0.25) is 0 Å². The third kappa shape index (κ3) is 5.54. The van der Waals surface area contributed by atoms with Crippen LogP contribution in [0, 0.1) is 0 Å². The predicted octanol–water partition coefficient (Wildman–Crippen LogP) is 1.42. The Morgan fingerprint density at radius 3 is 2.55 bits per heavy atom. The molecule has 0 unspecified atom stereocenters. The highest BCUT2D eigenvalue weighted by Crippen LogP contribution is 2.33. The molecule has 3 N–H and O–H groups in total. The van der Waals surface area contributed by atoms with Gasteiger partial charge in [-0.05, 0) is 18.6 Å². The molecule has 0 bridgehead atoms. The lowest BCUT2D eigenvalue weighted by molar-refractivity contribution is 0.292. The van der Waals surface area contributed by atoms with Gasteiger partial charge in [0, 0.05) is 37.3 Å². The summed E-state index contributed by atoms with van der Waals surface area (Å²) in [5, 5.41) is 15.7. The van der Waals surface area contributed by atoms with Gasteiger partial charge in [0.1, 0.15) is 0 Å². The second-order valence-electron chi connectivity index (χ2n) is 4.18. The van der Waals surface area contributed by atoms with E-state index >= 15 is 0 Å². The van der Waals surface area contributed by atoms with Crippen LogP contribution < -0.4 is 20.1 Å². The molecule has 5 nitrogen and oxygen atoms in total. The molecule has 0 atom stereocenters. The van der Waals surface area contributed by atoms with E-state index in [1.165, 1.54) is 0 Å². The van der Waals surface area contributed by atoms with Crippen molar-refractivity contribution >= 4 is 11.6 Å². The Morgan fingerprint density at radius 2 is 1.90 bits per heavy atom. The van der Waals surface area contributed by atoms with Crippen LogP contribution in [0.15, 0.2) is 12.1 Å². The molecule has 0 aliphatic carbocycles. The number of benzene rings is 1. The lowest BCUT2D eigenvalue weighted by Crippen LogP contribution is -2.28. The van der Waals surface area contributed by atoms with E-state index in [4.69, 9.17) is 26.2 Å². The average molecular weight is 303 g/mol. The van der Waals surface area contributed by atoms with E-state index in [0.29, 0.717) is 36.2 Å². The van der Waals surface area contributed by atoms with E-state index in [1.807, 2.05) is 13.0 Å². The van der Waals surface area contributed by atoms with E-state index in [0.717, 1.165) is 18.7 Å². The number of hydrogen-bond acceptors (Lipinski definition) is 5. The lowest BCUT2D eigenvalue weighted by atomic mass is 10.2. The van der Waals surface area contributed by atoms with Crippen LogP contribution in [0.3, 0.4) is 0 Å². The first-order valence-corrected chi connectivity index (χ1v) is 7.12. The van der Waals surface area contributed by atoms with Crippen LogP contribution in [0.2, 0.25) is 5.02 Å². The van der Waals surface area contributed by atoms with Crippen molar-refractivity contribution in [3.63, 3.8) is 0 Å². The zero-order valence-corrected chi connectivity index (χ0v) is 12.8. The summed E-state index contributed by atoms with van der Waals surface area (Å²) in [5.74, 6) is 1.35. The van der Waals surface area contributed by atoms with Crippen molar-refractivity contribution in [3.05, 3.63) is 22.7 Å². The number of ether oxygens (including phenoxy) is 2. The summed E-state index contributed by atoms with van der Waals surface area (Å²) in [6.45, 7) is 5.50. The van der Waals surface area contributed by atoms with Crippen molar-refractivity contribution in [2.75, 3.05) is 40.0 Å². The quantitative estimate of drug-likeness (QED) is 0.571. The first-order chi connectivity index (χ1) is 9.72. The average Bonchev–Trinajstić information content (AvgIpc) is 2.45. The third-order valence-electron chi connectivity index (χ3n) is 2.72. The standard InChI is InChI=1S/C14H23ClN2O3/c1-3-20-14-9-12(15)11(8-13(14)19-2)10-17-5-4-16-6-7-18/h8-9,16-18H,3-7,10H2,1-2H3. The van der Waals surface area contributed by atoms with Gasteiger partial charge in [0.25, 0.3) is 0 Å². The summed E-state index contributed by atoms with van der Waals surface area (Å²) >= 11 is 6.23.